The molecule has 0 radical (unpaired) electrons. The van der Waals surface area contributed by atoms with Crippen LogP contribution < -0.4 is 0 Å². The van der Waals surface area contributed by atoms with Gasteiger partial charge in [0.15, 0.2) is 0 Å². The molecule has 1 saturated heterocycles. The summed E-state index contributed by atoms with van der Waals surface area (Å²) in [6.45, 7) is 1.90. The van der Waals surface area contributed by atoms with Gasteiger partial charge < -0.3 is 4.90 Å². The van der Waals surface area contributed by atoms with E-state index in [2.05, 4.69) is 31.9 Å². The van der Waals surface area contributed by atoms with Crippen molar-refractivity contribution < 1.29 is 4.79 Å². The maximum absolute atomic E-state index is 12.5. The standard InChI is InChI=1S/C14H15Br2NO/c15-12-4-11(5-13(16)6-12)14(18)17-7-9-2-1-3-10(9)8-17/h4-6,9-10H,1-3,7-8H2. The number of hydrogen-bond acceptors (Lipinski definition) is 1. The zero-order valence-electron chi connectivity index (χ0n) is 10.0. The van der Waals surface area contributed by atoms with E-state index in [1.807, 2.05) is 23.1 Å². The third kappa shape index (κ3) is 2.37. The SMILES string of the molecule is O=C(c1cc(Br)cc(Br)c1)N1CC2CCCC2C1. The van der Waals surface area contributed by atoms with Crippen molar-refractivity contribution in [2.24, 2.45) is 11.8 Å². The van der Waals surface area contributed by atoms with Crippen molar-refractivity contribution in [3.63, 3.8) is 0 Å². The van der Waals surface area contributed by atoms with Crippen LogP contribution in [-0.2, 0) is 0 Å². The van der Waals surface area contributed by atoms with Crippen molar-refractivity contribution >= 4 is 37.8 Å². The van der Waals surface area contributed by atoms with E-state index >= 15 is 0 Å². The fourth-order valence-electron chi connectivity index (χ4n) is 3.26. The number of halogens is 2. The molecular weight excluding hydrogens is 358 g/mol. The first-order valence-electron chi connectivity index (χ1n) is 6.39. The summed E-state index contributed by atoms with van der Waals surface area (Å²) in [6, 6.07) is 5.76. The molecule has 2 nitrogen and oxygen atoms in total. The average Bonchev–Trinajstić information content (AvgIpc) is 2.86. The predicted octanol–water partition coefficient (Wildman–Crippen LogP) is 4.08. The molecule has 1 aromatic carbocycles. The van der Waals surface area contributed by atoms with Gasteiger partial charge in [-0.05, 0) is 42.9 Å². The Morgan fingerprint density at radius 1 is 1.06 bits per heavy atom. The van der Waals surface area contributed by atoms with Crippen molar-refractivity contribution in [3.8, 4) is 0 Å². The molecule has 2 unspecified atom stereocenters. The van der Waals surface area contributed by atoms with Gasteiger partial charge in [-0.3, -0.25) is 4.79 Å². The van der Waals surface area contributed by atoms with Gasteiger partial charge >= 0.3 is 0 Å². The number of carbonyl (C=O) groups excluding carboxylic acids is 1. The first-order chi connectivity index (χ1) is 8.63. The largest absolute Gasteiger partial charge is 0.338 e. The Kier molecular flexibility index (Phi) is 3.50. The molecule has 0 N–H and O–H groups in total. The van der Waals surface area contributed by atoms with Crippen LogP contribution in [0.3, 0.4) is 0 Å². The molecule has 0 aromatic heterocycles. The van der Waals surface area contributed by atoms with Crippen LogP contribution in [0, 0.1) is 11.8 Å². The van der Waals surface area contributed by atoms with Crippen LogP contribution in [0.4, 0.5) is 0 Å². The predicted molar refractivity (Wildman–Crippen MR) is 78.6 cm³/mol. The molecule has 1 aliphatic carbocycles. The molecular formula is C14H15Br2NO. The van der Waals surface area contributed by atoms with Gasteiger partial charge in [0.05, 0.1) is 0 Å². The molecule has 2 atom stereocenters. The van der Waals surface area contributed by atoms with Gasteiger partial charge in [0, 0.05) is 27.6 Å². The van der Waals surface area contributed by atoms with E-state index in [0.717, 1.165) is 39.4 Å². The van der Waals surface area contributed by atoms with Gasteiger partial charge in [0.1, 0.15) is 0 Å². The van der Waals surface area contributed by atoms with E-state index in [0.29, 0.717) is 0 Å². The summed E-state index contributed by atoms with van der Waals surface area (Å²) in [4.78, 5) is 14.5. The highest BCUT2D eigenvalue weighted by Crippen LogP contribution is 2.38. The molecule has 0 spiro atoms. The maximum Gasteiger partial charge on any atom is 0.253 e. The fourth-order valence-corrected chi connectivity index (χ4v) is 4.55. The van der Waals surface area contributed by atoms with Crippen molar-refractivity contribution in [2.75, 3.05) is 13.1 Å². The van der Waals surface area contributed by atoms with Gasteiger partial charge in [-0.15, -0.1) is 0 Å². The van der Waals surface area contributed by atoms with Gasteiger partial charge in [-0.2, -0.15) is 0 Å². The second-order valence-corrected chi connectivity index (χ2v) is 7.15. The molecule has 2 aliphatic rings. The number of fused-ring (bicyclic) bond motifs is 1. The van der Waals surface area contributed by atoms with Gasteiger partial charge in [0.25, 0.3) is 5.91 Å². The third-order valence-corrected chi connectivity index (χ3v) is 5.04. The second-order valence-electron chi connectivity index (χ2n) is 5.32. The van der Waals surface area contributed by atoms with Crippen LogP contribution in [0.1, 0.15) is 29.6 Å². The summed E-state index contributed by atoms with van der Waals surface area (Å²) in [5, 5.41) is 0. The Balaban J connectivity index is 1.78. The molecule has 1 aliphatic heterocycles. The first-order valence-corrected chi connectivity index (χ1v) is 7.97. The monoisotopic (exact) mass is 371 g/mol. The second kappa shape index (κ2) is 4.97. The average molecular weight is 373 g/mol. The molecule has 0 bridgehead atoms. The van der Waals surface area contributed by atoms with E-state index in [1.165, 1.54) is 19.3 Å². The highest BCUT2D eigenvalue weighted by atomic mass is 79.9. The number of nitrogens with zero attached hydrogens (tertiary/aromatic N) is 1. The van der Waals surface area contributed by atoms with E-state index in [9.17, 15) is 4.79 Å². The number of likely N-dealkylation sites (tertiary alicyclic amines) is 1. The van der Waals surface area contributed by atoms with Crippen LogP contribution in [0.5, 0.6) is 0 Å². The van der Waals surface area contributed by atoms with Gasteiger partial charge in [0.2, 0.25) is 0 Å². The van der Waals surface area contributed by atoms with Gasteiger partial charge in [-0.25, -0.2) is 0 Å². The lowest BCUT2D eigenvalue weighted by Gasteiger charge is -2.17. The number of amides is 1. The van der Waals surface area contributed by atoms with Crippen molar-refractivity contribution in [2.45, 2.75) is 19.3 Å². The minimum atomic E-state index is 0.173. The zero-order chi connectivity index (χ0) is 12.7. The van der Waals surface area contributed by atoms with E-state index in [1.54, 1.807) is 0 Å². The lowest BCUT2D eigenvalue weighted by atomic mass is 10.0. The van der Waals surface area contributed by atoms with E-state index < -0.39 is 0 Å². The van der Waals surface area contributed by atoms with Crippen LogP contribution in [0.15, 0.2) is 27.1 Å². The molecule has 96 valence electrons. The first kappa shape index (κ1) is 12.7. The number of rotatable bonds is 1. The summed E-state index contributed by atoms with van der Waals surface area (Å²) in [7, 11) is 0. The quantitative estimate of drug-likeness (QED) is 0.727. The van der Waals surface area contributed by atoms with Crippen LogP contribution in [0.2, 0.25) is 0 Å². The Morgan fingerprint density at radius 3 is 2.17 bits per heavy atom. The number of hydrogen-bond donors (Lipinski definition) is 0. The summed E-state index contributed by atoms with van der Waals surface area (Å²) < 4.78 is 1.89. The number of benzene rings is 1. The minimum Gasteiger partial charge on any atom is -0.338 e. The molecule has 4 heteroatoms. The molecule has 1 aromatic rings. The highest BCUT2D eigenvalue weighted by molar-refractivity contribution is 9.11. The molecule has 2 fully saturated rings. The highest BCUT2D eigenvalue weighted by Gasteiger charge is 2.38. The van der Waals surface area contributed by atoms with Crippen molar-refractivity contribution in [3.05, 3.63) is 32.7 Å². The molecule has 3 rings (SSSR count). The summed E-state index contributed by atoms with van der Waals surface area (Å²) >= 11 is 6.88. The fraction of sp³-hybridized carbons (Fsp3) is 0.500. The molecule has 1 heterocycles. The zero-order valence-corrected chi connectivity index (χ0v) is 13.2. The lowest BCUT2D eigenvalue weighted by molar-refractivity contribution is 0.0780. The van der Waals surface area contributed by atoms with Gasteiger partial charge in [-0.1, -0.05) is 38.3 Å². The van der Waals surface area contributed by atoms with E-state index in [4.69, 9.17) is 0 Å². The third-order valence-electron chi connectivity index (χ3n) is 4.12. The van der Waals surface area contributed by atoms with Crippen LogP contribution >= 0.6 is 31.9 Å². The molecule has 18 heavy (non-hydrogen) atoms. The normalized spacial score (nSPS) is 26.4. The smallest absolute Gasteiger partial charge is 0.253 e. The summed E-state index contributed by atoms with van der Waals surface area (Å²) in [5.41, 5.74) is 0.774. The summed E-state index contributed by atoms with van der Waals surface area (Å²) in [5.74, 6) is 1.68. The van der Waals surface area contributed by atoms with E-state index in [-0.39, 0.29) is 5.91 Å². The minimum absolute atomic E-state index is 0.173. The molecule has 1 saturated carbocycles. The Labute approximate surface area is 124 Å². The Bertz CT molecular complexity index is 456. The van der Waals surface area contributed by atoms with Crippen LogP contribution in [-0.4, -0.2) is 23.9 Å². The summed E-state index contributed by atoms with van der Waals surface area (Å²) in [6.07, 6.45) is 3.95. The Morgan fingerprint density at radius 2 is 1.61 bits per heavy atom. The maximum atomic E-state index is 12.5. The molecule has 1 amide bonds. The lowest BCUT2D eigenvalue weighted by Crippen LogP contribution is -2.29. The van der Waals surface area contributed by atoms with Crippen LogP contribution in [0.25, 0.3) is 0 Å². The number of carbonyl (C=O) groups is 1. The topological polar surface area (TPSA) is 20.3 Å². The van der Waals surface area contributed by atoms with Crippen molar-refractivity contribution in [1.82, 2.24) is 4.90 Å². The Hall–Kier alpha value is -0.350. The van der Waals surface area contributed by atoms with Crippen molar-refractivity contribution in [1.29, 1.82) is 0 Å².